The molecule has 8 nitrogen and oxygen atoms in total. The average Bonchev–Trinajstić information content (AvgIpc) is 3.26. The summed E-state index contributed by atoms with van der Waals surface area (Å²) < 4.78 is 7.25. The quantitative estimate of drug-likeness (QED) is 0.819. The largest absolute Gasteiger partial charge is 0.379 e. The average molecular weight is 384 g/mol. The van der Waals surface area contributed by atoms with E-state index in [2.05, 4.69) is 44.9 Å². The lowest BCUT2D eigenvalue weighted by atomic mass is 10.1. The van der Waals surface area contributed by atoms with Crippen molar-refractivity contribution in [2.75, 3.05) is 44.7 Å². The number of amides is 1. The number of rotatable bonds is 5. The molecule has 2 N–H and O–H groups in total. The van der Waals surface area contributed by atoms with Crippen molar-refractivity contribution >= 4 is 11.6 Å². The number of carbonyl (C=O) groups is 1. The molecule has 2 aromatic rings. The predicted molar refractivity (Wildman–Crippen MR) is 106 cm³/mol. The van der Waals surface area contributed by atoms with Gasteiger partial charge in [-0.25, -0.2) is 4.68 Å². The first kappa shape index (κ1) is 19.0. The maximum absolute atomic E-state index is 12.5. The Morgan fingerprint density at radius 3 is 2.64 bits per heavy atom. The summed E-state index contributed by atoms with van der Waals surface area (Å²) in [4.78, 5) is 14.9. The van der Waals surface area contributed by atoms with E-state index < -0.39 is 0 Å². The zero-order valence-electron chi connectivity index (χ0n) is 16.3. The number of nitrogens with one attached hydrogen (secondary N) is 2. The third-order valence-electron chi connectivity index (χ3n) is 5.67. The number of hydrogen-bond acceptors (Lipinski definition) is 6. The molecule has 28 heavy (non-hydrogen) atoms. The van der Waals surface area contributed by atoms with E-state index >= 15 is 0 Å². The van der Waals surface area contributed by atoms with E-state index in [0.717, 1.165) is 57.9 Å². The normalized spacial score (nSPS) is 20.0. The van der Waals surface area contributed by atoms with Crippen LogP contribution in [0.1, 0.15) is 47.9 Å². The van der Waals surface area contributed by atoms with Crippen LogP contribution in [-0.4, -0.2) is 65.2 Å². The molecule has 0 spiro atoms. The first-order valence-electron chi connectivity index (χ1n) is 10.1. The third kappa shape index (κ3) is 4.40. The summed E-state index contributed by atoms with van der Waals surface area (Å²) in [6.07, 6.45) is 3.76. The van der Waals surface area contributed by atoms with E-state index in [1.165, 1.54) is 5.56 Å². The van der Waals surface area contributed by atoms with Gasteiger partial charge >= 0.3 is 0 Å². The van der Waals surface area contributed by atoms with Crippen LogP contribution in [0.25, 0.3) is 0 Å². The van der Waals surface area contributed by atoms with Gasteiger partial charge in [-0.1, -0.05) is 17.3 Å². The number of nitrogens with zero attached hydrogens (tertiary/aromatic N) is 4. The van der Waals surface area contributed by atoms with Crippen molar-refractivity contribution in [2.45, 2.75) is 31.8 Å². The Morgan fingerprint density at radius 2 is 1.93 bits per heavy atom. The van der Waals surface area contributed by atoms with E-state index in [4.69, 9.17) is 4.74 Å². The van der Waals surface area contributed by atoms with Crippen molar-refractivity contribution in [1.29, 1.82) is 0 Å². The molecule has 3 heterocycles. The Bertz CT molecular complexity index is 778. The Balaban J connectivity index is 1.36. The van der Waals surface area contributed by atoms with E-state index in [9.17, 15) is 4.79 Å². The fourth-order valence-corrected chi connectivity index (χ4v) is 3.85. The minimum atomic E-state index is -0.228. The van der Waals surface area contributed by atoms with Gasteiger partial charge in [0.15, 0.2) is 5.69 Å². The number of benzene rings is 1. The highest BCUT2D eigenvalue weighted by Crippen LogP contribution is 2.23. The SMILES string of the molecule is CC(c1ccc(NC(=O)c2cn(C3CCNCC3)nn2)cc1)N1CCOCC1. The van der Waals surface area contributed by atoms with Gasteiger partial charge in [-0.05, 0) is 50.6 Å². The van der Waals surface area contributed by atoms with Gasteiger partial charge in [0.25, 0.3) is 5.91 Å². The smallest absolute Gasteiger partial charge is 0.277 e. The maximum Gasteiger partial charge on any atom is 0.277 e. The van der Waals surface area contributed by atoms with Crippen molar-refractivity contribution < 1.29 is 9.53 Å². The standard InChI is InChI=1S/C20H28N6O2/c1-15(25-10-12-28-13-11-25)16-2-4-17(5-3-16)22-20(27)19-14-26(24-23-19)18-6-8-21-9-7-18/h2-5,14-15,18,21H,6-13H2,1H3,(H,22,27). The lowest BCUT2D eigenvalue weighted by Gasteiger charge is -2.32. The summed E-state index contributed by atoms with van der Waals surface area (Å²) in [5.74, 6) is -0.228. The van der Waals surface area contributed by atoms with Crippen LogP contribution >= 0.6 is 0 Å². The number of piperidine rings is 1. The Hall–Kier alpha value is -2.29. The molecule has 2 saturated heterocycles. The third-order valence-corrected chi connectivity index (χ3v) is 5.67. The Kier molecular flexibility index (Phi) is 5.99. The highest BCUT2D eigenvalue weighted by Gasteiger charge is 2.20. The van der Waals surface area contributed by atoms with Gasteiger partial charge < -0.3 is 15.4 Å². The molecule has 1 unspecified atom stereocenters. The molecule has 8 heteroatoms. The van der Waals surface area contributed by atoms with Gasteiger partial charge in [0, 0.05) is 24.8 Å². The summed E-state index contributed by atoms with van der Waals surface area (Å²) in [6.45, 7) is 7.63. The van der Waals surface area contributed by atoms with Gasteiger partial charge in [-0.15, -0.1) is 5.10 Å². The molecule has 1 amide bonds. The van der Waals surface area contributed by atoms with E-state index in [-0.39, 0.29) is 5.91 Å². The number of aromatic nitrogens is 3. The second kappa shape index (κ2) is 8.81. The molecule has 0 saturated carbocycles. The molecule has 4 rings (SSSR count). The molecule has 150 valence electrons. The van der Waals surface area contributed by atoms with Crippen LogP contribution in [0.2, 0.25) is 0 Å². The predicted octanol–water partition coefficient (Wildman–Crippen LogP) is 1.85. The Morgan fingerprint density at radius 1 is 1.21 bits per heavy atom. The van der Waals surface area contributed by atoms with Gasteiger partial charge in [-0.2, -0.15) is 0 Å². The summed E-state index contributed by atoms with van der Waals surface area (Å²) in [5.41, 5.74) is 2.35. The van der Waals surface area contributed by atoms with Crippen molar-refractivity contribution in [3.05, 3.63) is 41.7 Å². The van der Waals surface area contributed by atoms with Crippen molar-refractivity contribution in [3.63, 3.8) is 0 Å². The van der Waals surface area contributed by atoms with E-state index in [1.807, 2.05) is 16.8 Å². The molecule has 2 aliphatic heterocycles. The second-order valence-electron chi connectivity index (χ2n) is 7.47. The van der Waals surface area contributed by atoms with E-state index in [0.29, 0.717) is 17.8 Å². The first-order valence-corrected chi connectivity index (χ1v) is 10.1. The highest BCUT2D eigenvalue weighted by atomic mass is 16.5. The number of carbonyl (C=O) groups excluding carboxylic acids is 1. The number of anilines is 1. The van der Waals surface area contributed by atoms with Crippen molar-refractivity contribution in [1.82, 2.24) is 25.2 Å². The van der Waals surface area contributed by atoms with Crippen LogP contribution in [0.3, 0.4) is 0 Å². The van der Waals surface area contributed by atoms with Crippen LogP contribution in [0.4, 0.5) is 5.69 Å². The van der Waals surface area contributed by atoms with Gasteiger partial charge in [0.2, 0.25) is 0 Å². The zero-order chi connectivity index (χ0) is 19.3. The molecule has 1 aromatic carbocycles. The first-order chi connectivity index (χ1) is 13.7. The van der Waals surface area contributed by atoms with Crippen LogP contribution in [-0.2, 0) is 4.74 Å². The fraction of sp³-hybridized carbons (Fsp3) is 0.550. The summed E-state index contributed by atoms with van der Waals surface area (Å²) in [6, 6.07) is 8.68. The lowest BCUT2D eigenvalue weighted by Crippen LogP contribution is -2.37. The number of ether oxygens (including phenoxy) is 1. The molecule has 1 aromatic heterocycles. The van der Waals surface area contributed by atoms with Crippen molar-refractivity contribution in [3.8, 4) is 0 Å². The fourth-order valence-electron chi connectivity index (χ4n) is 3.85. The van der Waals surface area contributed by atoms with Crippen LogP contribution in [0, 0.1) is 0 Å². The lowest BCUT2D eigenvalue weighted by molar-refractivity contribution is 0.0198. The number of hydrogen-bond donors (Lipinski definition) is 2. The molecular formula is C20H28N6O2. The maximum atomic E-state index is 12.5. The summed E-state index contributed by atoms with van der Waals surface area (Å²) in [5, 5.41) is 14.5. The Labute approximate surface area is 165 Å². The molecule has 2 aliphatic rings. The summed E-state index contributed by atoms with van der Waals surface area (Å²) in [7, 11) is 0. The number of morpholine rings is 1. The molecule has 0 radical (unpaired) electrons. The second-order valence-corrected chi connectivity index (χ2v) is 7.47. The summed E-state index contributed by atoms with van der Waals surface area (Å²) >= 11 is 0. The van der Waals surface area contributed by atoms with Gasteiger partial charge in [0.1, 0.15) is 0 Å². The monoisotopic (exact) mass is 384 g/mol. The van der Waals surface area contributed by atoms with E-state index in [1.54, 1.807) is 6.20 Å². The van der Waals surface area contributed by atoms with Crippen LogP contribution in [0.5, 0.6) is 0 Å². The zero-order valence-corrected chi connectivity index (χ0v) is 16.3. The molecule has 2 fully saturated rings. The molecule has 0 bridgehead atoms. The van der Waals surface area contributed by atoms with Crippen LogP contribution < -0.4 is 10.6 Å². The molecule has 1 atom stereocenters. The topological polar surface area (TPSA) is 84.3 Å². The van der Waals surface area contributed by atoms with Gasteiger partial charge in [0.05, 0.1) is 25.5 Å². The van der Waals surface area contributed by atoms with Gasteiger partial charge in [-0.3, -0.25) is 9.69 Å². The minimum absolute atomic E-state index is 0.228. The molecular weight excluding hydrogens is 356 g/mol. The van der Waals surface area contributed by atoms with Crippen LogP contribution in [0.15, 0.2) is 30.5 Å². The minimum Gasteiger partial charge on any atom is -0.379 e. The molecule has 0 aliphatic carbocycles. The highest BCUT2D eigenvalue weighted by molar-refractivity contribution is 6.02. The van der Waals surface area contributed by atoms with Crippen molar-refractivity contribution in [2.24, 2.45) is 0 Å².